The van der Waals surface area contributed by atoms with Crippen LogP contribution in [0.2, 0.25) is 0 Å². The molecule has 4 heteroatoms. The van der Waals surface area contributed by atoms with Crippen molar-refractivity contribution < 1.29 is 4.79 Å². The first-order valence-electron chi connectivity index (χ1n) is 5.56. The molecule has 2 rings (SSSR count). The van der Waals surface area contributed by atoms with Gasteiger partial charge in [0, 0.05) is 5.56 Å². The Morgan fingerprint density at radius 2 is 1.94 bits per heavy atom. The second-order valence-corrected chi connectivity index (χ2v) is 4.94. The number of anilines is 1. The van der Waals surface area contributed by atoms with Gasteiger partial charge in [-0.3, -0.25) is 4.79 Å². The predicted molar refractivity (Wildman–Crippen MR) is 75.8 cm³/mol. The number of rotatable bonds is 2. The molecule has 0 aliphatic carbocycles. The van der Waals surface area contributed by atoms with Crippen molar-refractivity contribution >= 4 is 27.5 Å². The number of pyridine rings is 1. The van der Waals surface area contributed by atoms with E-state index in [0.717, 1.165) is 10.2 Å². The molecule has 0 fully saturated rings. The van der Waals surface area contributed by atoms with Gasteiger partial charge in [0.2, 0.25) is 0 Å². The van der Waals surface area contributed by atoms with E-state index in [1.54, 1.807) is 18.3 Å². The van der Waals surface area contributed by atoms with Crippen LogP contribution in [0.4, 0.5) is 5.69 Å². The molecule has 1 aromatic carbocycles. The number of amides is 1. The molecule has 0 saturated heterocycles. The van der Waals surface area contributed by atoms with Gasteiger partial charge in [-0.2, -0.15) is 0 Å². The van der Waals surface area contributed by atoms with Crippen molar-refractivity contribution in [1.82, 2.24) is 4.98 Å². The molecule has 92 valence electrons. The number of halogens is 1. The number of nitrogens with one attached hydrogen (secondary N) is 1. The number of hydrogen-bond donors (Lipinski definition) is 1. The molecule has 0 saturated carbocycles. The van der Waals surface area contributed by atoms with Gasteiger partial charge in [0.25, 0.3) is 5.91 Å². The predicted octanol–water partition coefficient (Wildman–Crippen LogP) is 3.71. The van der Waals surface area contributed by atoms with Gasteiger partial charge in [-0.25, -0.2) is 4.98 Å². The Bertz CT molecular complexity index is 579. The smallest absolute Gasteiger partial charge is 0.255 e. The summed E-state index contributed by atoms with van der Waals surface area (Å²) in [5.74, 6) is -0.123. The first-order chi connectivity index (χ1) is 8.56. The summed E-state index contributed by atoms with van der Waals surface area (Å²) in [6.07, 6.45) is 1.61. The highest BCUT2D eigenvalue weighted by Gasteiger charge is 2.07. The minimum atomic E-state index is -0.123. The summed E-state index contributed by atoms with van der Waals surface area (Å²) < 4.78 is 0.742. The number of aryl methyl sites for hydroxylation is 2. The average Bonchev–Trinajstić information content (AvgIpc) is 2.35. The molecule has 0 bridgehead atoms. The Labute approximate surface area is 114 Å². The van der Waals surface area contributed by atoms with Gasteiger partial charge in [-0.15, -0.1) is 0 Å². The zero-order valence-corrected chi connectivity index (χ0v) is 11.8. The Morgan fingerprint density at radius 1 is 1.17 bits per heavy atom. The highest BCUT2D eigenvalue weighted by molar-refractivity contribution is 9.10. The molecule has 0 aliphatic rings. The van der Waals surface area contributed by atoms with Crippen molar-refractivity contribution in [1.29, 1.82) is 0 Å². The van der Waals surface area contributed by atoms with Gasteiger partial charge in [0.05, 0.1) is 11.9 Å². The van der Waals surface area contributed by atoms with Crippen molar-refractivity contribution in [2.24, 2.45) is 0 Å². The largest absolute Gasteiger partial charge is 0.321 e. The molecule has 1 N–H and O–H groups in total. The van der Waals surface area contributed by atoms with Crippen LogP contribution in [0.15, 0.2) is 41.1 Å². The monoisotopic (exact) mass is 304 g/mol. The zero-order chi connectivity index (χ0) is 13.1. The topological polar surface area (TPSA) is 42.0 Å². The maximum absolute atomic E-state index is 12.0. The van der Waals surface area contributed by atoms with E-state index in [4.69, 9.17) is 0 Å². The standard InChI is InChI=1S/C14H13BrN2O/c1-9-3-4-11(7-10(9)2)14(18)17-12-5-6-13(15)16-8-12/h3-8H,1-2H3,(H,17,18). The molecular weight excluding hydrogens is 292 g/mol. The fourth-order valence-corrected chi connectivity index (χ4v) is 1.77. The summed E-state index contributed by atoms with van der Waals surface area (Å²) >= 11 is 3.25. The SMILES string of the molecule is Cc1ccc(C(=O)Nc2ccc(Br)nc2)cc1C. The number of aromatic nitrogens is 1. The van der Waals surface area contributed by atoms with E-state index >= 15 is 0 Å². The molecule has 0 aliphatic heterocycles. The van der Waals surface area contributed by atoms with Crippen LogP contribution < -0.4 is 5.32 Å². The lowest BCUT2D eigenvalue weighted by Crippen LogP contribution is -2.12. The Morgan fingerprint density at radius 3 is 2.56 bits per heavy atom. The van der Waals surface area contributed by atoms with E-state index in [0.29, 0.717) is 11.3 Å². The molecule has 0 radical (unpaired) electrons. The van der Waals surface area contributed by atoms with Crippen LogP contribution in [0.25, 0.3) is 0 Å². The van der Waals surface area contributed by atoms with E-state index < -0.39 is 0 Å². The third-order valence-corrected chi connectivity index (χ3v) is 3.22. The summed E-state index contributed by atoms with van der Waals surface area (Å²) in [4.78, 5) is 16.1. The van der Waals surface area contributed by atoms with Crippen LogP contribution in [-0.4, -0.2) is 10.9 Å². The lowest BCUT2D eigenvalue weighted by atomic mass is 10.1. The number of hydrogen-bond acceptors (Lipinski definition) is 2. The minimum Gasteiger partial charge on any atom is -0.321 e. The van der Waals surface area contributed by atoms with Crippen molar-refractivity contribution in [2.75, 3.05) is 5.32 Å². The fourth-order valence-electron chi connectivity index (χ4n) is 1.54. The zero-order valence-electron chi connectivity index (χ0n) is 10.2. The molecule has 3 nitrogen and oxygen atoms in total. The lowest BCUT2D eigenvalue weighted by molar-refractivity contribution is 0.102. The lowest BCUT2D eigenvalue weighted by Gasteiger charge is -2.07. The van der Waals surface area contributed by atoms with Gasteiger partial charge >= 0.3 is 0 Å². The van der Waals surface area contributed by atoms with Crippen molar-refractivity contribution in [2.45, 2.75) is 13.8 Å². The van der Waals surface area contributed by atoms with Gasteiger partial charge in [-0.1, -0.05) is 6.07 Å². The number of nitrogens with zero attached hydrogens (tertiary/aromatic N) is 1. The highest BCUT2D eigenvalue weighted by atomic mass is 79.9. The van der Waals surface area contributed by atoms with E-state index in [1.165, 1.54) is 5.56 Å². The first kappa shape index (κ1) is 12.8. The molecule has 1 heterocycles. The van der Waals surface area contributed by atoms with E-state index in [-0.39, 0.29) is 5.91 Å². The van der Waals surface area contributed by atoms with Crippen LogP contribution >= 0.6 is 15.9 Å². The summed E-state index contributed by atoms with van der Waals surface area (Å²) in [6, 6.07) is 9.25. The normalized spacial score (nSPS) is 10.2. The molecule has 0 spiro atoms. The molecular formula is C14H13BrN2O. The van der Waals surface area contributed by atoms with Crippen LogP contribution in [0, 0.1) is 13.8 Å². The van der Waals surface area contributed by atoms with E-state index in [2.05, 4.69) is 26.2 Å². The van der Waals surface area contributed by atoms with Crippen molar-refractivity contribution in [3.8, 4) is 0 Å². The summed E-state index contributed by atoms with van der Waals surface area (Å²) in [5.41, 5.74) is 3.62. The molecule has 2 aromatic rings. The van der Waals surface area contributed by atoms with Crippen LogP contribution in [0.1, 0.15) is 21.5 Å². The highest BCUT2D eigenvalue weighted by Crippen LogP contribution is 2.14. The molecule has 0 atom stereocenters. The molecule has 1 aromatic heterocycles. The van der Waals surface area contributed by atoms with Crippen LogP contribution in [0.3, 0.4) is 0 Å². The Balaban J connectivity index is 2.16. The third-order valence-electron chi connectivity index (χ3n) is 2.75. The minimum absolute atomic E-state index is 0.123. The fraction of sp³-hybridized carbons (Fsp3) is 0.143. The average molecular weight is 305 g/mol. The maximum atomic E-state index is 12.0. The van der Waals surface area contributed by atoms with E-state index in [1.807, 2.05) is 32.0 Å². The Kier molecular flexibility index (Phi) is 3.77. The molecule has 18 heavy (non-hydrogen) atoms. The summed E-state index contributed by atoms with van der Waals surface area (Å²) in [7, 11) is 0. The van der Waals surface area contributed by atoms with Gasteiger partial charge < -0.3 is 5.32 Å². The number of carbonyl (C=O) groups excluding carboxylic acids is 1. The van der Waals surface area contributed by atoms with Gasteiger partial charge in [0.15, 0.2) is 0 Å². The van der Waals surface area contributed by atoms with Crippen LogP contribution in [-0.2, 0) is 0 Å². The molecule has 1 amide bonds. The molecule has 0 unspecified atom stereocenters. The van der Waals surface area contributed by atoms with Crippen LogP contribution in [0.5, 0.6) is 0 Å². The first-order valence-corrected chi connectivity index (χ1v) is 6.36. The summed E-state index contributed by atoms with van der Waals surface area (Å²) in [5, 5.41) is 2.81. The maximum Gasteiger partial charge on any atom is 0.255 e. The number of benzene rings is 1. The van der Waals surface area contributed by atoms with Gasteiger partial charge in [-0.05, 0) is 65.2 Å². The summed E-state index contributed by atoms with van der Waals surface area (Å²) in [6.45, 7) is 4.02. The van der Waals surface area contributed by atoms with E-state index in [9.17, 15) is 4.79 Å². The Hall–Kier alpha value is -1.68. The second kappa shape index (κ2) is 5.31. The quantitative estimate of drug-likeness (QED) is 0.859. The van der Waals surface area contributed by atoms with Crippen molar-refractivity contribution in [3.63, 3.8) is 0 Å². The number of carbonyl (C=O) groups is 1. The van der Waals surface area contributed by atoms with Crippen molar-refractivity contribution in [3.05, 3.63) is 57.8 Å². The third kappa shape index (κ3) is 2.96. The second-order valence-electron chi connectivity index (χ2n) is 4.12. The van der Waals surface area contributed by atoms with Gasteiger partial charge in [0.1, 0.15) is 4.60 Å².